The lowest BCUT2D eigenvalue weighted by Crippen LogP contribution is -2.09. The topological polar surface area (TPSA) is 147 Å². The van der Waals surface area contributed by atoms with Gasteiger partial charge in [0.2, 0.25) is 0 Å². The van der Waals surface area contributed by atoms with Gasteiger partial charge in [0, 0.05) is 29.8 Å². The fraction of sp³-hybridized carbons (Fsp3) is 0.235. The number of nitrogens with two attached hydrogens (primary N) is 1. The number of H-pyrrole nitrogens is 1. The molecule has 2 heterocycles. The highest BCUT2D eigenvalue weighted by Crippen LogP contribution is 2.34. The lowest BCUT2D eigenvalue weighted by atomic mass is 10.1. The molecule has 142 valence electrons. The number of nitrogens with one attached hydrogen (secondary N) is 3. The molecule has 3 aromatic rings. The largest absolute Gasteiger partial charge is 0.489 e. The average Bonchev–Trinajstić information content (AvgIpc) is 3.02. The molecule has 3 rings (SSSR count). The number of aromatic nitrogens is 3. The first kappa shape index (κ1) is 18.6. The molecule has 0 amide bonds. The number of aromatic amines is 1. The Balaban J connectivity index is 2.11. The van der Waals surface area contributed by atoms with E-state index >= 15 is 0 Å². The first-order valence-corrected chi connectivity index (χ1v) is 9.99. The zero-order valence-electron chi connectivity index (χ0n) is 15.1. The van der Waals surface area contributed by atoms with E-state index in [1.54, 1.807) is 12.1 Å². The van der Waals surface area contributed by atoms with Crippen LogP contribution in [0.15, 0.2) is 29.6 Å². The van der Waals surface area contributed by atoms with Gasteiger partial charge in [-0.1, -0.05) is 0 Å². The van der Waals surface area contributed by atoms with Gasteiger partial charge in [0.1, 0.15) is 28.6 Å². The third-order valence-electron chi connectivity index (χ3n) is 3.76. The number of rotatable bonds is 6. The Morgan fingerprint density at radius 3 is 2.67 bits per heavy atom. The first-order valence-electron chi connectivity index (χ1n) is 8.10. The Kier molecular flexibility index (Phi) is 4.75. The van der Waals surface area contributed by atoms with Crippen LogP contribution in [0.1, 0.15) is 19.4 Å². The number of nitrogens with zero attached hydrogens (tertiary/aromatic N) is 2. The van der Waals surface area contributed by atoms with Crippen LogP contribution in [0.5, 0.6) is 5.75 Å². The molecule has 1 aromatic carbocycles. The molecule has 0 aliphatic rings. The molecule has 0 fully saturated rings. The Labute approximate surface area is 156 Å². The zero-order valence-corrected chi connectivity index (χ0v) is 15.9. The van der Waals surface area contributed by atoms with Crippen molar-refractivity contribution in [1.82, 2.24) is 15.0 Å². The minimum Gasteiger partial charge on any atom is -0.489 e. The predicted octanol–water partition coefficient (Wildman–Crippen LogP) is 2.47. The molecule has 0 aliphatic heterocycles. The second-order valence-electron chi connectivity index (χ2n) is 6.30. The number of sulfone groups is 1. The minimum atomic E-state index is -3.42. The van der Waals surface area contributed by atoms with Crippen LogP contribution < -0.4 is 15.8 Å². The van der Waals surface area contributed by atoms with Gasteiger partial charge in [0.15, 0.2) is 9.84 Å². The van der Waals surface area contributed by atoms with Crippen molar-refractivity contribution in [2.45, 2.75) is 25.0 Å². The van der Waals surface area contributed by atoms with Gasteiger partial charge in [-0.2, -0.15) is 0 Å². The van der Waals surface area contributed by atoms with Gasteiger partial charge < -0.3 is 26.2 Å². The Morgan fingerprint density at radius 2 is 2.04 bits per heavy atom. The van der Waals surface area contributed by atoms with Crippen molar-refractivity contribution in [3.63, 3.8) is 0 Å². The second kappa shape index (κ2) is 6.88. The van der Waals surface area contributed by atoms with E-state index < -0.39 is 9.84 Å². The quantitative estimate of drug-likeness (QED) is 0.374. The number of fused-ring (bicyclic) bond motifs is 1. The van der Waals surface area contributed by atoms with E-state index in [0.29, 0.717) is 39.5 Å². The van der Waals surface area contributed by atoms with Crippen LogP contribution in [-0.4, -0.2) is 41.9 Å². The lowest BCUT2D eigenvalue weighted by Gasteiger charge is -2.17. The fourth-order valence-corrected chi connectivity index (χ4v) is 3.14. The summed E-state index contributed by atoms with van der Waals surface area (Å²) in [5.41, 5.74) is 7.84. The maximum atomic E-state index is 11.8. The summed E-state index contributed by atoms with van der Waals surface area (Å²) in [5.74, 6) is 0.902. The van der Waals surface area contributed by atoms with E-state index in [2.05, 4.69) is 20.3 Å². The van der Waals surface area contributed by atoms with Crippen LogP contribution in [0.2, 0.25) is 0 Å². The summed E-state index contributed by atoms with van der Waals surface area (Å²) in [5, 5.41) is 11.2. The highest BCUT2D eigenvalue weighted by molar-refractivity contribution is 7.90. The molecule has 0 radical (unpaired) electrons. The van der Waals surface area contributed by atoms with E-state index in [1.165, 1.54) is 12.4 Å². The van der Waals surface area contributed by atoms with Crippen molar-refractivity contribution in [1.29, 1.82) is 5.41 Å². The van der Waals surface area contributed by atoms with Gasteiger partial charge in [0.05, 0.1) is 17.2 Å². The molecule has 0 bridgehead atoms. The van der Waals surface area contributed by atoms with Crippen molar-refractivity contribution in [2.75, 3.05) is 17.3 Å². The lowest BCUT2D eigenvalue weighted by molar-refractivity contribution is 0.244. The number of hydrogen-bond donors (Lipinski definition) is 4. The summed E-state index contributed by atoms with van der Waals surface area (Å²) >= 11 is 0. The third kappa shape index (κ3) is 3.85. The number of nitrogen functional groups attached to an aromatic ring is 1. The van der Waals surface area contributed by atoms with Gasteiger partial charge in [-0.15, -0.1) is 0 Å². The van der Waals surface area contributed by atoms with Crippen molar-refractivity contribution < 1.29 is 13.2 Å². The molecule has 0 atom stereocenters. The maximum absolute atomic E-state index is 11.8. The summed E-state index contributed by atoms with van der Waals surface area (Å²) in [6, 6.07) is 4.79. The smallest absolute Gasteiger partial charge is 0.190 e. The Hall–Kier alpha value is -3.14. The highest BCUT2D eigenvalue weighted by Gasteiger charge is 2.17. The molecule has 10 heteroatoms. The van der Waals surface area contributed by atoms with Gasteiger partial charge in [-0.25, -0.2) is 18.4 Å². The van der Waals surface area contributed by atoms with Gasteiger partial charge in [-0.05, 0) is 26.0 Å². The molecule has 5 N–H and O–H groups in total. The van der Waals surface area contributed by atoms with Gasteiger partial charge in [-0.3, -0.25) is 0 Å². The van der Waals surface area contributed by atoms with Crippen LogP contribution in [0.3, 0.4) is 0 Å². The van der Waals surface area contributed by atoms with E-state index in [9.17, 15) is 8.42 Å². The van der Waals surface area contributed by atoms with E-state index in [4.69, 9.17) is 15.9 Å². The van der Waals surface area contributed by atoms with Crippen molar-refractivity contribution in [2.24, 2.45) is 0 Å². The van der Waals surface area contributed by atoms with Gasteiger partial charge in [0.25, 0.3) is 0 Å². The van der Waals surface area contributed by atoms with E-state index in [-0.39, 0.29) is 11.1 Å². The molecule has 0 spiro atoms. The molecule has 27 heavy (non-hydrogen) atoms. The van der Waals surface area contributed by atoms with Crippen LogP contribution >= 0.6 is 0 Å². The normalized spacial score (nSPS) is 11.7. The number of anilines is 3. The van der Waals surface area contributed by atoms with Crippen LogP contribution in [0.4, 0.5) is 17.2 Å². The van der Waals surface area contributed by atoms with E-state index in [1.807, 2.05) is 13.8 Å². The molecule has 2 aromatic heterocycles. The standard InChI is InChI=1S/C17H20N6O3S/c1-9(2)26-14-6-12(19)10(7-18)4-13(14)22-16-11-5-15(27(3,24)25)23-17(11)21-8-20-16/h4-9,18H,19H2,1-3H3,(H2,20,21,22,23). The summed E-state index contributed by atoms with van der Waals surface area (Å²) in [6.07, 6.45) is 3.49. The number of hydrogen-bond acceptors (Lipinski definition) is 8. The van der Waals surface area contributed by atoms with Crippen molar-refractivity contribution >= 4 is 44.3 Å². The third-order valence-corrected chi connectivity index (χ3v) is 4.78. The molecule has 0 aliphatic carbocycles. The number of benzene rings is 1. The monoisotopic (exact) mass is 388 g/mol. The Morgan fingerprint density at radius 1 is 1.30 bits per heavy atom. The molecule has 9 nitrogen and oxygen atoms in total. The van der Waals surface area contributed by atoms with E-state index in [0.717, 1.165) is 12.5 Å². The van der Waals surface area contributed by atoms with Crippen molar-refractivity contribution in [3.8, 4) is 5.75 Å². The SMILES string of the molecule is CC(C)Oc1cc(N)c(C=N)cc1Nc1ncnc2[nH]c(S(C)(=O)=O)cc12. The predicted molar refractivity (Wildman–Crippen MR) is 105 cm³/mol. The van der Waals surface area contributed by atoms with Crippen LogP contribution in [0.25, 0.3) is 11.0 Å². The zero-order chi connectivity index (χ0) is 19.8. The maximum Gasteiger partial charge on any atom is 0.190 e. The minimum absolute atomic E-state index is 0.0530. The molecular formula is C17H20N6O3S. The first-order chi connectivity index (χ1) is 12.7. The summed E-state index contributed by atoms with van der Waals surface area (Å²) in [7, 11) is -3.42. The molecule has 0 saturated carbocycles. The Bertz CT molecular complexity index is 1120. The van der Waals surface area contributed by atoms with Crippen LogP contribution in [-0.2, 0) is 9.84 Å². The second-order valence-corrected chi connectivity index (χ2v) is 8.29. The molecule has 0 saturated heterocycles. The van der Waals surface area contributed by atoms with Crippen molar-refractivity contribution in [3.05, 3.63) is 30.1 Å². The fourth-order valence-electron chi connectivity index (χ4n) is 2.53. The summed E-state index contributed by atoms with van der Waals surface area (Å²) < 4.78 is 29.4. The number of ether oxygens (including phenoxy) is 1. The molecule has 0 unspecified atom stereocenters. The molecular weight excluding hydrogens is 368 g/mol. The van der Waals surface area contributed by atoms with Crippen LogP contribution in [0, 0.1) is 5.41 Å². The average molecular weight is 388 g/mol. The van der Waals surface area contributed by atoms with Gasteiger partial charge >= 0.3 is 0 Å². The highest BCUT2D eigenvalue weighted by atomic mass is 32.2. The summed E-state index contributed by atoms with van der Waals surface area (Å²) in [4.78, 5) is 11.1. The summed E-state index contributed by atoms with van der Waals surface area (Å²) in [6.45, 7) is 3.77.